The molecule has 0 spiro atoms. The largest absolute Gasteiger partial charge is 0.432 e. The molecule has 0 aliphatic heterocycles. The summed E-state index contributed by atoms with van der Waals surface area (Å²) in [6.07, 6.45) is 7.05. The van der Waals surface area contributed by atoms with Gasteiger partial charge in [0, 0.05) is 34.2 Å². The van der Waals surface area contributed by atoms with Gasteiger partial charge < -0.3 is 4.42 Å². The third-order valence-electron chi connectivity index (χ3n) is 3.77. The van der Waals surface area contributed by atoms with Gasteiger partial charge in [0.1, 0.15) is 12.1 Å². The van der Waals surface area contributed by atoms with E-state index in [2.05, 4.69) is 9.97 Å². The standard InChI is InChI=1S/C17H10Cl2FN3O/c18-13-7-10(20)8-14(19)12(13)9-15-11-2-5-23(16(11)1-3-21-15)17-22-4-6-24-17/h1-8H,9H2. The first-order chi connectivity index (χ1) is 11.6. The summed E-state index contributed by atoms with van der Waals surface area (Å²) in [6.45, 7) is 0. The molecule has 0 saturated heterocycles. The van der Waals surface area contributed by atoms with Crippen LogP contribution in [0.2, 0.25) is 10.0 Å². The van der Waals surface area contributed by atoms with E-state index in [1.807, 2.05) is 22.9 Å². The molecule has 4 rings (SSSR count). The van der Waals surface area contributed by atoms with Gasteiger partial charge in [-0.3, -0.25) is 9.55 Å². The van der Waals surface area contributed by atoms with E-state index in [0.717, 1.165) is 16.6 Å². The van der Waals surface area contributed by atoms with Gasteiger partial charge in [-0.1, -0.05) is 23.2 Å². The summed E-state index contributed by atoms with van der Waals surface area (Å²) in [5.74, 6) is -0.463. The second-order valence-corrected chi connectivity index (χ2v) is 6.03. The summed E-state index contributed by atoms with van der Waals surface area (Å²) in [5.41, 5.74) is 2.33. The highest BCUT2D eigenvalue weighted by Gasteiger charge is 2.14. The van der Waals surface area contributed by atoms with Crippen LogP contribution in [0.4, 0.5) is 4.39 Å². The van der Waals surface area contributed by atoms with Crippen LogP contribution in [0.25, 0.3) is 16.9 Å². The number of hydrogen-bond acceptors (Lipinski definition) is 3. The van der Waals surface area contributed by atoms with Crippen molar-refractivity contribution in [3.05, 3.63) is 76.2 Å². The van der Waals surface area contributed by atoms with Crippen molar-refractivity contribution in [3.8, 4) is 6.01 Å². The van der Waals surface area contributed by atoms with Crippen molar-refractivity contribution in [1.82, 2.24) is 14.5 Å². The Morgan fingerprint density at radius 1 is 1.08 bits per heavy atom. The van der Waals surface area contributed by atoms with Crippen molar-refractivity contribution >= 4 is 34.1 Å². The maximum Gasteiger partial charge on any atom is 0.306 e. The van der Waals surface area contributed by atoms with Crippen LogP contribution in [0.5, 0.6) is 0 Å². The molecule has 4 aromatic rings. The molecule has 7 heteroatoms. The zero-order chi connectivity index (χ0) is 16.7. The highest BCUT2D eigenvalue weighted by Crippen LogP contribution is 2.30. The van der Waals surface area contributed by atoms with E-state index >= 15 is 0 Å². The molecule has 0 fully saturated rings. The smallest absolute Gasteiger partial charge is 0.306 e. The Morgan fingerprint density at radius 2 is 1.88 bits per heavy atom. The molecule has 0 aliphatic carbocycles. The van der Waals surface area contributed by atoms with E-state index < -0.39 is 5.82 Å². The molecule has 3 heterocycles. The number of benzene rings is 1. The molecule has 0 aliphatic rings. The highest BCUT2D eigenvalue weighted by atomic mass is 35.5. The SMILES string of the molecule is Fc1cc(Cl)c(Cc2nccc3c2ccn3-c2ncco2)c(Cl)c1. The third-order valence-corrected chi connectivity index (χ3v) is 4.45. The maximum atomic E-state index is 13.4. The quantitative estimate of drug-likeness (QED) is 0.512. The summed E-state index contributed by atoms with van der Waals surface area (Å²) in [7, 11) is 0. The van der Waals surface area contributed by atoms with Crippen LogP contribution in [-0.2, 0) is 6.42 Å². The van der Waals surface area contributed by atoms with E-state index in [0.29, 0.717) is 18.0 Å². The fraction of sp³-hybridized carbons (Fsp3) is 0.0588. The summed E-state index contributed by atoms with van der Waals surface area (Å²) in [5, 5.41) is 1.49. The Bertz CT molecular complexity index is 1000. The molecule has 0 amide bonds. The van der Waals surface area contributed by atoms with Crippen LogP contribution in [0.1, 0.15) is 11.3 Å². The van der Waals surface area contributed by atoms with Crippen molar-refractivity contribution in [1.29, 1.82) is 0 Å². The van der Waals surface area contributed by atoms with Gasteiger partial charge in [-0.25, -0.2) is 9.37 Å². The molecule has 0 bridgehead atoms. The van der Waals surface area contributed by atoms with Crippen molar-refractivity contribution in [2.75, 3.05) is 0 Å². The second kappa shape index (κ2) is 5.92. The Kier molecular flexibility index (Phi) is 3.75. The number of rotatable bonds is 3. The Labute approximate surface area is 146 Å². The van der Waals surface area contributed by atoms with Crippen molar-refractivity contribution in [2.24, 2.45) is 0 Å². The van der Waals surface area contributed by atoms with Crippen LogP contribution in [0.3, 0.4) is 0 Å². The summed E-state index contributed by atoms with van der Waals surface area (Å²) in [6, 6.07) is 6.77. The van der Waals surface area contributed by atoms with Gasteiger partial charge in [-0.15, -0.1) is 0 Å². The fourth-order valence-corrected chi connectivity index (χ4v) is 3.27. The lowest BCUT2D eigenvalue weighted by Gasteiger charge is -2.08. The van der Waals surface area contributed by atoms with Crippen molar-refractivity contribution < 1.29 is 8.81 Å². The van der Waals surface area contributed by atoms with Gasteiger partial charge in [0.15, 0.2) is 0 Å². The molecule has 0 saturated carbocycles. The van der Waals surface area contributed by atoms with Gasteiger partial charge in [-0.05, 0) is 29.8 Å². The zero-order valence-electron chi connectivity index (χ0n) is 12.2. The van der Waals surface area contributed by atoms with Crippen LogP contribution in [0.15, 0.2) is 53.5 Å². The minimum atomic E-state index is -0.463. The predicted octanol–water partition coefficient (Wildman–Crippen LogP) is 5.05. The molecule has 0 N–H and O–H groups in total. The van der Waals surface area contributed by atoms with E-state index in [1.54, 1.807) is 12.4 Å². The Hall–Kier alpha value is -2.37. The molecule has 4 nitrogen and oxygen atoms in total. The average Bonchev–Trinajstić information content (AvgIpc) is 3.19. The number of aromatic nitrogens is 3. The minimum Gasteiger partial charge on any atom is -0.432 e. The normalized spacial score (nSPS) is 11.3. The molecule has 3 aromatic heterocycles. The molecule has 0 unspecified atom stereocenters. The molecule has 24 heavy (non-hydrogen) atoms. The van der Waals surface area contributed by atoms with Crippen LogP contribution in [0, 0.1) is 5.82 Å². The zero-order valence-corrected chi connectivity index (χ0v) is 13.7. The van der Waals surface area contributed by atoms with Gasteiger partial charge >= 0.3 is 6.01 Å². The molecule has 0 atom stereocenters. The first-order valence-electron chi connectivity index (χ1n) is 7.11. The minimum absolute atomic E-state index is 0.283. The molecule has 1 aromatic carbocycles. The number of pyridine rings is 1. The van der Waals surface area contributed by atoms with Gasteiger partial charge in [0.25, 0.3) is 0 Å². The Balaban J connectivity index is 1.81. The Morgan fingerprint density at radius 3 is 2.58 bits per heavy atom. The molecule has 0 radical (unpaired) electrons. The van der Waals surface area contributed by atoms with Crippen LogP contribution < -0.4 is 0 Å². The number of hydrogen-bond donors (Lipinski definition) is 0. The number of oxazole rings is 1. The number of nitrogens with zero attached hydrogens (tertiary/aromatic N) is 3. The first-order valence-corrected chi connectivity index (χ1v) is 7.87. The van der Waals surface area contributed by atoms with E-state index in [4.69, 9.17) is 27.6 Å². The summed E-state index contributed by atoms with van der Waals surface area (Å²) >= 11 is 12.3. The fourth-order valence-electron chi connectivity index (χ4n) is 2.68. The number of fused-ring (bicyclic) bond motifs is 1. The van der Waals surface area contributed by atoms with E-state index in [-0.39, 0.29) is 10.0 Å². The van der Waals surface area contributed by atoms with E-state index in [9.17, 15) is 4.39 Å². The molecular formula is C17H10Cl2FN3O. The average molecular weight is 362 g/mol. The number of halogens is 3. The molecule has 120 valence electrons. The van der Waals surface area contributed by atoms with Crippen LogP contribution >= 0.6 is 23.2 Å². The predicted molar refractivity (Wildman–Crippen MR) is 90.4 cm³/mol. The van der Waals surface area contributed by atoms with Gasteiger partial charge in [-0.2, -0.15) is 0 Å². The lowest BCUT2D eigenvalue weighted by molar-refractivity contribution is 0.531. The van der Waals surface area contributed by atoms with Crippen molar-refractivity contribution in [3.63, 3.8) is 0 Å². The van der Waals surface area contributed by atoms with Gasteiger partial charge in [0.2, 0.25) is 0 Å². The molecular weight excluding hydrogens is 352 g/mol. The second-order valence-electron chi connectivity index (χ2n) is 5.22. The van der Waals surface area contributed by atoms with E-state index in [1.165, 1.54) is 18.4 Å². The lowest BCUT2D eigenvalue weighted by atomic mass is 10.1. The first kappa shape index (κ1) is 15.2. The third kappa shape index (κ3) is 2.56. The topological polar surface area (TPSA) is 43.9 Å². The van der Waals surface area contributed by atoms with Crippen molar-refractivity contribution in [2.45, 2.75) is 6.42 Å². The lowest BCUT2D eigenvalue weighted by Crippen LogP contribution is -1.97. The highest BCUT2D eigenvalue weighted by molar-refractivity contribution is 6.36. The van der Waals surface area contributed by atoms with Crippen LogP contribution in [-0.4, -0.2) is 14.5 Å². The summed E-state index contributed by atoms with van der Waals surface area (Å²) < 4.78 is 20.5. The van der Waals surface area contributed by atoms with Gasteiger partial charge in [0.05, 0.1) is 17.4 Å². The monoisotopic (exact) mass is 361 g/mol. The summed E-state index contributed by atoms with van der Waals surface area (Å²) in [4.78, 5) is 8.58. The maximum absolute atomic E-state index is 13.4.